The van der Waals surface area contributed by atoms with Gasteiger partial charge in [0.05, 0.1) is 46.7 Å². The standard InChI is InChI=1S/C19H24N2O5.ClH/c1-23-15-5-3-6-16(24-2)18(15)26-14-12-20-8-10-21(11-9-20)19(22)17-7-4-13-25-17;/h3-7,13H,8-12,14H2,1-2H3;1H. The van der Waals surface area contributed by atoms with Crippen molar-refractivity contribution in [3.05, 3.63) is 42.4 Å². The zero-order valence-corrected chi connectivity index (χ0v) is 16.3. The van der Waals surface area contributed by atoms with Crippen LogP contribution in [0.5, 0.6) is 17.2 Å². The summed E-state index contributed by atoms with van der Waals surface area (Å²) in [4.78, 5) is 15.5. The lowest BCUT2D eigenvalue weighted by Gasteiger charge is -2.31. The van der Waals surface area contributed by atoms with Crippen LogP contribution in [0.3, 0.4) is 0 Å². The number of para-hydroxylation sites is 1. The van der Waals surface area contributed by atoms with Gasteiger partial charge < -0.3 is 40.8 Å². The van der Waals surface area contributed by atoms with Crippen LogP contribution in [0.1, 0.15) is 10.6 Å². The first kappa shape index (κ1) is 20.9. The molecule has 0 spiro atoms. The second-order valence-electron chi connectivity index (χ2n) is 6.11. The third-order valence-corrected chi connectivity index (χ3v) is 4.57. The van der Waals surface area contributed by atoms with Gasteiger partial charge in [-0.2, -0.15) is 0 Å². The molecule has 1 aromatic carbocycles. The highest BCUT2D eigenvalue weighted by molar-refractivity contribution is 5.91. The Bertz CT molecular complexity index is 693. The van der Waals surface area contributed by atoms with Crippen molar-refractivity contribution >= 4 is 5.91 Å². The molecule has 2 aromatic rings. The second kappa shape index (κ2) is 10.1. The van der Waals surface area contributed by atoms with Crippen molar-refractivity contribution in [2.75, 3.05) is 53.6 Å². The molecule has 148 valence electrons. The summed E-state index contributed by atoms with van der Waals surface area (Å²) in [5.74, 6) is 2.31. The molecule has 7 nitrogen and oxygen atoms in total. The molecule has 1 saturated heterocycles. The first-order valence-corrected chi connectivity index (χ1v) is 8.73. The van der Waals surface area contributed by atoms with Gasteiger partial charge in [-0.05, 0) is 24.3 Å². The number of quaternary nitrogens is 1. The molecule has 1 aliphatic rings. The molecule has 0 bridgehead atoms. The van der Waals surface area contributed by atoms with E-state index in [0.29, 0.717) is 42.7 Å². The molecule has 0 unspecified atom stereocenters. The van der Waals surface area contributed by atoms with Crippen molar-refractivity contribution in [3.8, 4) is 17.2 Å². The minimum atomic E-state index is -0.0379. The van der Waals surface area contributed by atoms with E-state index in [4.69, 9.17) is 18.6 Å². The Morgan fingerprint density at radius 3 is 2.33 bits per heavy atom. The first-order valence-electron chi connectivity index (χ1n) is 8.73. The maximum Gasteiger partial charge on any atom is 0.289 e. The minimum Gasteiger partial charge on any atom is -1.00 e. The topological polar surface area (TPSA) is 65.6 Å². The number of hydrogen-bond donors (Lipinski definition) is 1. The molecule has 27 heavy (non-hydrogen) atoms. The smallest absolute Gasteiger partial charge is 0.289 e. The van der Waals surface area contributed by atoms with E-state index in [1.165, 1.54) is 11.2 Å². The lowest BCUT2D eigenvalue weighted by molar-refractivity contribution is -0.903. The molecule has 1 aliphatic heterocycles. The van der Waals surface area contributed by atoms with Crippen molar-refractivity contribution in [2.24, 2.45) is 0 Å². The number of benzene rings is 1. The van der Waals surface area contributed by atoms with Crippen LogP contribution < -0.4 is 31.5 Å². The first-order chi connectivity index (χ1) is 12.7. The summed E-state index contributed by atoms with van der Waals surface area (Å²) in [6.45, 7) is 4.61. The van der Waals surface area contributed by atoms with E-state index in [1.807, 2.05) is 23.1 Å². The van der Waals surface area contributed by atoms with Crippen LogP contribution in [0.2, 0.25) is 0 Å². The van der Waals surface area contributed by atoms with Crippen LogP contribution >= 0.6 is 0 Å². The van der Waals surface area contributed by atoms with Crippen LogP contribution in [0.15, 0.2) is 41.0 Å². The van der Waals surface area contributed by atoms with Crippen LogP contribution in [0.4, 0.5) is 0 Å². The molecule has 0 radical (unpaired) electrons. The zero-order valence-electron chi connectivity index (χ0n) is 15.6. The molecule has 1 aromatic heterocycles. The van der Waals surface area contributed by atoms with Crippen LogP contribution in [0, 0.1) is 0 Å². The Labute approximate surface area is 165 Å². The van der Waals surface area contributed by atoms with Gasteiger partial charge in [0.1, 0.15) is 13.2 Å². The highest BCUT2D eigenvalue weighted by atomic mass is 35.5. The molecule has 3 rings (SSSR count). The number of methoxy groups -OCH3 is 2. The van der Waals surface area contributed by atoms with Gasteiger partial charge in [0, 0.05) is 0 Å². The molecule has 1 amide bonds. The van der Waals surface area contributed by atoms with Gasteiger partial charge in [0.2, 0.25) is 5.75 Å². The van der Waals surface area contributed by atoms with E-state index < -0.39 is 0 Å². The fourth-order valence-electron chi connectivity index (χ4n) is 3.09. The van der Waals surface area contributed by atoms with Gasteiger partial charge >= 0.3 is 0 Å². The SMILES string of the molecule is COc1cccc(OC)c1OCC[NH+]1CCN(C(=O)c2ccco2)CC1.[Cl-]. The van der Waals surface area contributed by atoms with Crippen molar-refractivity contribution in [1.82, 2.24) is 4.90 Å². The lowest BCUT2D eigenvalue weighted by atomic mass is 10.3. The third kappa shape index (κ3) is 5.08. The number of hydrogen-bond acceptors (Lipinski definition) is 5. The Morgan fingerprint density at radius 2 is 1.78 bits per heavy atom. The Balaban J connectivity index is 0.00000261. The average molecular weight is 397 g/mol. The monoisotopic (exact) mass is 396 g/mol. The second-order valence-corrected chi connectivity index (χ2v) is 6.11. The van der Waals surface area contributed by atoms with Crippen molar-refractivity contribution in [1.29, 1.82) is 0 Å². The summed E-state index contributed by atoms with van der Waals surface area (Å²) in [6, 6.07) is 9.01. The Morgan fingerprint density at radius 1 is 1.11 bits per heavy atom. The fraction of sp³-hybridized carbons (Fsp3) is 0.421. The quantitative estimate of drug-likeness (QED) is 0.571. The number of carbonyl (C=O) groups is 1. The summed E-state index contributed by atoms with van der Waals surface area (Å²) in [5.41, 5.74) is 0. The van der Waals surface area contributed by atoms with Crippen molar-refractivity contribution in [2.45, 2.75) is 0 Å². The van der Waals surface area contributed by atoms with Crippen LogP contribution in [-0.4, -0.2) is 64.4 Å². The minimum absolute atomic E-state index is 0. The summed E-state index contributed by atoms with van der Waals surface area (Å²) >= 11 is 0. The van der Waals surface area contributed by atoms with Crippen molar-refractivity contribution in [3.63, 3.8) is 0 Å². The van der Waals surface area contributed by atoms with Gasteiger partial charge in [-0.3, -0.25) is 4.79 Å². The van der Waals surface area contributed by atoms with Gasteiger partial charge in [0.15, 0.2) is 17.3 Å². The highest BCUT2D eigenvalue weighted by Gasteiger charge is 2.25. The maximum atomic E-state index is 12.3. The zero-order chi connectivity index (χ0) is 18.4. The number of nitrogens with one attached hydrogen (secondary N) is 1. The molecule has 0 atom stereocenters. The van der Waals surface area contributed by atoms with Gasteiger partial charge in [-0.25, -0.2) is 0 Å². The predicted molar refractivity (Wildman–Crippen MR) is 95.2 cm³/mol. The Hall–Kier alpha value is -2.38. The van der Waals surface area contributed by atoms with E-state index in [9.17, 15) is 4.79 Å². The van der Waals surface area contributed by atoms with E-state index >= 15 is 0 Å². The van der Waals surface area contributed by atoms with Gasteiger partial charge in [0.25, 0.3) is 5.91 Å². The molecule has 1 N–H and O–H groups in total. The predicted octanol–water partition coefficient (Wildman–Crippen LogP) is -2.28. The number of furan rings is 1. The number of amides is 1. The van der Waals surface area contributed by atoms with Gasteiger partial charge in [-0.1, -0.05) is 6.07 Å². The normalized spacial score (nSPS) is 14.4. The lowest BCUT2D eigenvalue weighted by Crippen LogP contribution is -3.15. The molecule has 0 saturated carbocycles. The van der Waals surface area contributed by atoms with Crippen molar-refractivity contribution < 1.29 is 40.7 Å². The summed E-state index contributed by atoms with van der Waals surface area (Å²) in [7, 11) is 3.23. The third-order valence-electron chi connectivity index (χ3n) is 4.57. The maximum absolute atomic E-state index is 12.3. The summed E-state index contributed by atoms with van der Waals surface area (Å²) in [5, 5.41) is 0. The molecular weight excluding hydrogens is 372 g/mol. The Kier molecular flexibility index (Phi) is 7.82. The van der Waals surface area contributed by atoms with E-state index in [0.717, 1.165) is 19.6 Å². The molecule has 0 aliphatic carbocycles. The molecule has 2 heterocycles. The molecular formula is C19H25ClN2O5. The molecule has 8 heteroatoms. The summed E-state index contributed by atoms with van der Waals surface area (Å²) in [6.07, 6.45) is 1.53. The largest absolute Gasteiger partial charge is 1.00 e. The number of piperazine rings is 1. The number of rotatable bonds is 7. The number of carbonyl (C=O) groups excluding carboxylic acids is 1. The number of ether oxygens (including phenoxy) is 3. The van der Waals surface area contributed by atoms with Crippen LogP contribution in [0.25, 0.3) is 0 Å². The average Bonchev–Trinajstić information content (AvgIpc) is 3.22. The van der Waals surface area contributed by atoms with Crippen LogP contribution in [-0.2, 0) is 0 Å². The highest BCUT2D eigenvalue weighted by Crippen LogP contribution is 2.36. The van der Waals surface area contributed by atoms with E-state index in [-0.39, 0.29) is 18.3 Å². The number of halogens is 1. The van der Waals surface area contributed by atoms with E-state index in [1.54, 1.807) is 26.4 Å². The molecule has 1 fully saturated rings. The number of nitrogens with zero attached hydrogens (tertiary/aromatic N) is 1. The van der Waals surface area contributed by atoms with Gasteiger partial charge in [-0.15, -0.1) is 0 Å². The fourth-order valence-corrected chi connectivity index (χ4v) is 3.09. The van der Waals surface area contributed by atoms with E-state index in [2.05, 4.69) is 0 Å². The summed E-state index contributed by atoms with van der Waals surface area (Å²) < 4.78 is 21.8.